The molecule has 0 amide bonds. The number of benzene rings is 1. The Hall–Kier alpha value is -0.980. The van der Waals surface area contributed by atoms with E-state index in [2.05, 4.69) is 19.9 Å². The van der Waals surface area contributed by atoms with Gasteiger partial charge in [0.05, 0.1) is 0 Å². The van der Waals surface area contributed by atoms with Gasteiger partial charge in [-0.1, -0.05) is 6.07 Å². The number of rotatable bonds is 1. The standard InChI is InChI=1S/C18H24O/c1-11-3-12(2)17(16(19)4-11)18-8-13-5-14(9-18)7-15(6-13)10-18/h3-4,13-15,19H,5-10H2,1-2H3. The second-order valence-corrected chi connectivity index (χ2v) is 7.67. The fourth-order valence-electron chi connectivity index (χ4n) is 6.05. The van der Waals surface area contributed by atoms with E-state index in [1.54, 1.807) is 0 Å². The molecule has 1 aromatic rings. The molecule has 4 aliphatic rings. The second kappa shape index (κ2) is 3.77. The zero-order valence-corrected chi connectivity index (χ0v) is 12.1. The highest BCUT2D eigenvalue weighted by molar-refractivity contribution is 5.48. The van der Waals surface area contributed by atoms with Crippen molar-refractivity contribution in [1.82, 2.24) is 0 Å². The summed E-state index contributed by atoms with van der Waals surface area (Å²) >= 11 is 0. The lowest BCUT2D eigenvalue weighted by atomic mass is 9.47. The summed E-state index contributed by atoms with van der Waals surface area (Å²) in [5.41, 5.74) is 4.12. The molecule has 0 atom stereocenters. The monoisotopic (exact) mass is 256 g/mol. The van der Waals surface area contributed by atoms with Crippen LogP contribution in [-0.2, 0) is 5.41 Å². The van der Waals surface area contributed by atoms with Crippen LogP contribution in [-0.4, -0.2) is 5.11 Å². The first-order valence-electron chi connectivity index (χ1n) is 7.86. The molecule has 102 valence electrons. The molecular weight excluding hydrogens is 232 g/mol. The van der Waals surface area contributed by atoms with Gasteiger partial charge in [0.25, 0.3) is 0 Å². The Morgan fingerprint density at radius 3 is 1.95 bits per heavy atom. The molecule has 4 aliphatic carbocycles. The van der Waals surface area contributed by atoms with Crippen molar-refractivity contribution in [3.8, 4) is 5.75 Å². The van der Waals surface area contributed by atoms with Gasteiger partial charge in [0.15, 0.2) is 0 Å². The third-order valence-corrected chi connectivity index (χ3v) is 6.03. The van der Waals surface area contributed by atoms with E-state index >= 15 is 0 Å². The Labute approximate surface area is 116 Å². The van der Waals surface area contributed by atoms with E-state index in [1.807, 2.05) is 6.07 Å². The Morgan fingerprint density at radius 2 is 1.47 bits per heavy atom. The first kappa shape index (κ1) is 11.8. The molecule has 1 N–H and O–H groups in total. The van der Waals surface area contributed by atoms with Crippen molar-refractivity contribution in [3.63, 3.8) is 0 Å². The molecule has 0 radical (unpaired) electrons. The van der Waals surface area contributed by atoms with Crippen LogP contribution in [0.5, 0.6) is 5.75 Å². The summed E-state index contributed by atoms with van der Waals surface area (Å²) in [6.07, 6.45) is 8.38. The Morgan fingerprint density at radius 1 is 0.947 bits per heavy atom. The summed E-state index contributed by atoms with van der Waals surface area (Å²) in [6.45, 7) is 4.27. The number of aryl methyl sites for hydroxylation is 2. The largest absolute Gasteiger partial charge is 0.508 e. The molecule has 1 nitrogen and oxygen atoms in total. The highest BCUT2D eigenvalue weighted by Crippen LogP contribution is 2.62. The fraction of sp³-hybridized carbons (Fsp3) is 0.667. The van der Waals surface area contributed by atoms with Crippen molar-refractivity contribution in [1.29, 1.82) is 0 Å². The van der Waals surface area contributed by atoms with Gasteiger partial charge in [0.2, 0.25) is 0 Å². The first-order chi connectivity index (χ1) is 9.06. The first-order valence-corrected chi connectivity index (χ1v) is 7.86. The molecule has 4 fully saturated rings. The Bertz CT molecular complexity index is 470. The molecule has 0 aromatic heterocycles. The number of phenols is 1. The number of hydrogen-bond acceptors (Lipinski definition) is 1. The van der Waals surface area contributed by atoms with E-state index in [0.29, 0.717) is 11.2 Å². The SMILES string of the molecule is Cc1cc(C)c(C23CC4CC(CC(C4)C2)C3)c(O)c1. The lowest BCUT2D eigenvalue weighted by Gasteiger charge is -2.57. The second-order valence-electron chi connectivity index (χ2n) is 7.67. The number of aromatic hydroxyl groups is 1. The van der Waals surface area contributed by atoms with Crippen LogP contribution in [0.3, 0.4) is 0 Å². The topological polar surface area (TPSA) is 20.2 Å². The minimum atomic E-state index is 0.316. The maximum Gasteiger partial charge on any atom is 0.119 e. The normalized spacial score (nSPS) is 39.8. The van der Waals surface area contributed by atoms with Crippen LogP contribution in [0, 0.1) is 31.6 Å². The van der Waals surface area contributed by atoms with Crippen molar-refractivity contribution >= 4 is 0 Å². The summed E-state index contributed by atoms with van der Waals surface area (Å²) in [7, 11) is 0. The van der Waals surface area contributed by atoms with E-state index in [0.717, 1.165) is 17.8 Å². The van der Waals surface area contributed by atoms with Crippen LogP contribution in [0.15, 0.2) is 12.1 Å². The van der Waals surface area contributed by atoms with E-state index in [1.165, 1.54) is 55.2 Å². The zero-order valence-electron chi connectivity index (χ0n) is 12.1. The van der Waals surface area contributed by atoms with Crippen LogP contribution in [0.25, 0.3) is 0 Å². The average molecular weight is 256 g/mol. The zero-order chi connectivity index (χ0) is 13.2. The Kier molecular flexibility index (Phi) is 2.35. The molecule has 0 heterocycles. The van der Waals surface area contributed by atoms with E-state index in [-0.39, 0.29) is 0 Å². The van der Waals surface area contributed by atoms with Crippen LogP contribution >= 0.6 is 0 Å². The van der Waals surface area contributed by atoms with Gasteiger partial charge in [0, 0.05) is 11.0 Å². The average Bonchev–Trinajstić information content (AvgIpc) is 2.24. The predicted molar refractivity (Wildman–Crippen MR) is 77.4 cm³/mol. The molecular formula is C18H24O. The van der Waals surface area contributed by atoms with Gasteiger partial charge in [-0.3, -0.25) is 0 Å². The van der Waals surface area contributed by atoms with E-state index < -0.39 is 0 Å². The molecule has 0 saturated heterocycles. The third kappa shape index (κ3) is 1.67. The smallest absolute Gasteiger partial charge is 0.119 e. The number of phenolic OH excluding ortho intramolecular Hbond substituents is 1. The maximum absolute atomic E-state index is 10.5. The highest BCUT2D eigenvalue weighted by atomic mass is 16.3. The third-order valence-electron chi connectivity index (χ3n) is 6.03. The molecule has 4 saturated carbocycles. The summed E-state index contributed by atoms with van der Waals surface area (Å²) in [5, 5.41) is 10.5. The van der Waals surface area contributed by atoms with Gasteiger partial charge in [-0.25, -0.2) is 0 Å². The van der Waals surface area contributed by atoms with Gasteiger partial charge in [0.1, 0.15) is 5.75 Å². The molecule has 0 aliphatic heterocycles. The fourth-order valence-corrected chi connectivity index (χ4v) is 6.05. The van der Waals surface area contributed by atoms with E-state index in [9.17, 15) is 5.11 Å². The molecule has 1 heteroatoms. The summed E-state index contributed by atoms with van der Waals surface area (Å²) in [4.78, 5) is 0. The summed E-state index contributed by atoms with van der Waals surface area (Å²) < 4.78 is 0. The number of hydrogen-bond donors (Lipinski definition) is 1. The van der Waals surface area contributed by atoms with Crippen molar-refractivity contribution in [2.75, 3.05) is 0 Å². The van der Waals surface area contributed by atoms with Crippen LogP contribution in [0.4, 0.5) is 0 Å². The molecule has 19 heavy (non-hydrogen) atoms. The van der Waals surface area contributed by atoms with Crippen molar-refractivity contribution in [2.45, 2.75) is 57.8 Å². The molecule has 1 aromatic carbocycles. The van der Waals surface area contributed by atoms with Gasteiger partial charge in [-0.15, -0.1) is 0 Å². The van der Waals surface area contributed by atoms with E-state index in [4.69, 9.17) is 0 Å². The molecule has 5 rings (SSSR count). The van der Waals surface area contributed by atoms with Crippen LogP contribution in [0.2, 0.25) is 0 Å². The minimum Gasteiger partial charge on any atom is -0.508 e. The Balaban J connectivity index is 1.84. The minimum absolute atomic E-state index is 0.316. The quantitative estimate of drug-likeness (QED) is 0.785. The van der Waals surface area contributed by atoms with Crippen LogP contribution < -0.4 is 0 Å². The molecule has 4 bridgehead atoms. The summed E-state index contributed by atoms with van der Waals surface area (Å²) in [5.74, 6) is 3.38. The molecule has 0 spiro atoms. The van der Waals surface area contributed by atoms with Gasteiger partial charge in [-0.2, -0.15) is 0 Å². The maximum atomic E-state index is 10.5. The van der Waals surface area contributed by atoms with Crippen molar-refractivity contribution in [3.05, 3.63) is 28.8 Å². The van der Waals surface area contributed by atoms with Crippen molar-refractivity contribution in [2.24, 2.45) is 17.8 Å². The molecule has 0 unspecified atom stereocenters. The van der Waals surface area contributed by atoms with Gasteiger partial charge < -0.3 is 5.11 Å². The van der Waals surface area contributed by atoms with Gasteiger partial charge >= 0.3 is 0 Å². The lowest BCUT2D eigenvalue weighted by Crippen LogP contribution is -2.48. The summed E-state index contributed by atoms with van der Waals surface area (Å²) in [6, 6.07) is 4.23. The van der Waals surface area contributed by atoms with Crippen LogP contribution in [0.1, 0.15) is 55.2 Å². The van der Waals surface area contributed by atoms with Crippen molar-refractivity contribution < 1.29 is 5.11 Å². The predicted octanol–water partition coefficient (Wildman–Crippen LogP) is 4.48. The van der Waals surface area contributed by atoms with Gasteiger partial charge in [-0.05, 0) is 87.3 Å². The lowest BCUT2D eigenvalue weighted by molar-refractivity contribution is -0.00642. The highest BCUT2D eigenvalue weighted by Gasteiger charge is 2.52.